The fourth-order valence-electron chi connectivity index (χ4n) is 2.98. The zero-order chi connectivity index (χ0) is 20.8. The third-order valence-electron chi connectivity index (χ3n) is 4.65. The van der Waals surface area contributed by atoms with Gasteiger partial charge in [0.25, 0.3) is 11.8 Å². The van der Waals surface area contributed by atoms with E-state index in [-0.39, 0.29) is 25.5 Å². The Balaban J connectivity index is 1.51. The molecule has 7 heteroatoms. The second kappa shape index (κ2) is 9.23. The van der Waals surface area contributed by atoms with Crippen LogP contribution < -0.4 is 15.0 Å². The second-order valence-corrected chi connectivity index (χ2v) is 6.72. The van der Waals surface area contributed by atoms with Gasteiger partial charge in [-0.1, -0.05) is 31.2 Å². The van der Waals surface area contributed by atoms with E-state index in [1.165, 1.54) is 17.4 Å². The number of hydrogen-bond donors (Lipinski definition) is 1. The van der Waals surface area contributed by atoms with E-state index in [1.54, 1.807) is 18.2 Å². The van der Waals surface area contributed by atoms with Crippen LogP contribution in [0.25, 0.3) is 0 Å². The summed E-state index contributed by atoms with van der Waals surface area (Å²) in [5, 5.41) is 2.73. The molecular weight excluding hydrogens is 372 g/mol. The molecule has 1 atom stereocenters. The number of amides is 2. The zero-order valence-electron chi connectivity index (χ0n) is 16.5. The van der Waals surface area contributed by atoms with Crippen LogP contribution in [0.15, 0.2) is 48.5 Å². The topological polar surface area (TPSA) is 84.9 Å². The Morgan fingerprint density at radius 2 is 1.90 bits per heavy atom. The number of rotatable bonds is 7. The number of hydrogen-bond acceptors (Lipinski definition) is 5. The molecule has 2 amide bonds. The average molecular weight is 396 g/mol. The lowest BCUT2D eigenvalue weighted by Gasteiger charge is -2.29. The molecule has 152 valence electrons. The van der Waals surface area contributed by atoms with Gasteiger partial charge in [-0.2, -0.15) is 0 Å². The third kappa shape index (κ3) is 5.13. The number of carbonyl (C=O) groups excluding carboxylic acids is 3. The Labute approximate surface area is 169 Å². The van der Waals surface area contributed by atoms with Crippen LogP contribution in [0.2, 0.25) is 0 Å². The van der Waals surface area contributed by atoms with Gasteiger partial charge in [0.15, 0.2) is 12.7 Å². The Bertz CT molecular complexity index is 894. The van der Waals surface area contributed by atoms with Crippen LogP contribution in [0.1, 0.15) is 25.8 Å². The Kier molecular flexibility index (Phi) is 6.49. The summed E-state index contributed by atoms with van der Waals surface area (Å²) in [7, 11) is 0. The Morgan fingerprint density at radius 1 is 1.17 bits per heavy atom. The highest BCUT2D eigenvalue weighted by Gasteiger charge is 2.26. The molecule has 7 nitrogen and oxygen atoms in total. The van der Waals surface area contributed by atoms with Crippen LogP contribution in [0.3, 0.4) is 0 Å². The highest BCUT2D eigenvalue weighted by molar-refractivity contribution is 5.98. The van der Waals surface area contributed by atoms with Crippen molar-refractivity contribution < 1.29 is 23.9 Å². The van der Waals surface area contributed by atoms with Crippen molar-refractivity contribution in [2.45, 2.75) is 32.8 Å². The monoisotopic (exact) mass is 396 g/mol. The first-order valence-corrected chi connectivity index (χ1v) is 9.59. The SMILES string of the molecule is CCc1ccc(NC(=O)[C@H](C)OC(=O)CCN2C(=O)COc3ccccc32)cc1. The molecule has 1 N–H and O–H groups in total. The number of nitrogens with zero attached hydrogens (tertiary/aromatic N) is 1. The predicted molar refractivity (Wildman–Crippen MR) is 109 cm³/mol. The molecule has 0 aromatic heterocycles. The van der Waals surface area contributed by atoms with E-state index >= 15 is 0 Å². The molecule has 0 fully saturated rings. The van der Waals surface area contributed by atoms with Gasteiger partial charge in [-0.25, -0.2) is 0 Å². The molecule has 0 spiro atoms. The average Bonchev–Trinajstić information content (AvgIpc) is 2.73. The van der Waals surface area contributed by atoms with E-state index in [0.717, 1.165) is 6.42 Å². The number of esters is 1. The molecule has 0 bridgehead atoms. The molecule has 2 aromatic rings. The first-order chi connectivity index (χ1) is 14.0. The summed E-state index contributed by atoms with van der Waals surface area (Å²) in [4.78, 5) is 38.1. The first-order valence-electron chi connectivity index (χ1n) is 9.59. The van der Waals surface area contributed by atoms with Crippen molar-refractivity contribution in [1.29, 1.82) is 0 Å². The summed E-state index contributed by atoms with van der Waals surface area (Å²) >= 11 is 0. The van der Waals surface area contributed by atoms with Gasteiger partial charge in [0.2, 0.25) is 0 Å². The highest BCUT2D eigenvalue weighted by atomic mass is 16.5. The van der Waals surface area contributed by atoms with Gasteiger partial charge in [0.1, 0.15) is 5.75 Å². The van der Waals surface area contributed by atoms with E-state index in [0.29, 0.717) is 17.1 Å². The number of benzene rings is 2. The van der Waals surface area contributed by atoms with E-state index < -0.39 is 18.0 Å². The van der Waals surface area contributed by atoms with Crippen molar-refractivity contribution in [3.8, 4) is 5.75 Å². The van der Waals surface area contributed by atoms with Crippen molar-refractivity contribution in [3.05, 3.63) is 54.1 Å². The summed E-state index contributed by atoms with van der Waals surface area (Å²) < 4.78 is 10.6. The molecule has 1 heterocycles. The Morgan fingerprint density at radius 3 is 2.62 bits per heavy atom. The minimum absolute atomic E-state index is 0.0249. The van der Waals surface area contributed by atoms with E-state index in [4.69, 9.17) is 9.47 Å². The minimum atomic E-state index is -0.943. The molecular formula is C22H24N2O5. The number of anilines is 2. The van der Waals surface area contributed by atoms with Crippen molar-refractivity contribution in [3.63, 3.8) is 0 Å². The number of carbonyl (C=O) groups is 3. The zero-order valence-corrected chi connectivity index (χ0v) is 16.5. The molecule has 1 aliphatic heterocycles. The molecule has 0 saturated heterocycles. The van der Waals surface area contributed by atoms with Gasteiger partial charge < -0.3 is 19.7 Å². The van der Waals surface area contributed by atoms with Crippen molar-refractivity contribution in [2.75, 3.05) is 23.4 Å². The smallest absolute Gasteiger partial charge is 0.308 e. The van der Waals surface area contributed by atoms with Gasteiger partial charge in [-0.3, -0.25) is 14.4 Å². The number of ether oxygens (including phenoxy) is 2. The summed E-state index contributed by atoms with van der Waals surface area (Å²) in [6.07, 6.45) is -0.0534. The summed E-state index contributed by atoms with van der Waals surface area (Å²) in [5.41, 5.74) is 2.44. The fraction of sp³-hybridized carbons (Fsp3) is 0.318. The predicted octanol–water partition coefficient (Wildman–Crippen LogP) is 2.93. The molecule has 3 rings (SSSR count). The quantitative estimate of drug-likeness (QED) is 0.728. The van der Waals surface area contributed by atoms with Gasteiger partial charge >= 0.3 is 5.97 Å². The van der Waals surface area contributed by atoms with E-state index in [1.807, 2.05) is 30.3 Å². The lowest BCUT2D eigenvalue weighted by Crippen LogP contribution is -2.40. The molecule has 0 saturated carbocycles. The highest BCUT2D eigenvalue weighted by Crippen LogP contribution is 2.31. The second-order valence-electron chi connectivity index (χ2n) is 6.72. The number of para-hydroxylation sites is 2. The van der Waals surface area contributed by atoms with Gasteiger partial charge in [-0.05, 0) is 43.2 Å². The lowest BCUT2D eigenvalue weighted by molar-refractivity contribution is -0.153. The first kappa shape index (κ1) is 20.4. The molecule has 29 heavy (non-hydrogen) atoms. The molecule has 0 aliphatic carbocycles. The molecule has 0 unspecified atom stereocenters. The van der Waals surface area contributed by atoms with Crippen LogP contribution in [0, 0.1) is 0 Å². The van der Waals surface area contributed by atoms with Crippen LogP contribution in [-0.2, 0) is 25.5 Å². The third-order valence-corrected chi connectivity index (χ3v) is 4.65. The van der Waals surface area contributed by atoms with Gasteiger partial charge in [0.05, 0.1) is 12.1 Å². The summed E-state index contributed by atoms with van der Waals surface area (Å²) in [6, 6.07) is 14.6. The van der Waals surface area contributed by atoms with Gasteiger partial charge in [0, 0.05) is 12.2 Å². The number of nitrogens with one attached hydrogen (secondary N) is 1. The van der Waals surface area contributed by atoms with Crippen LogP contribution in [-0.4, -0.2) is 37.0 Å². The van der Waals surface area contributed by atoms with Gasteiger partial charge in [-0.15, -0.1) is 0 Å². The maximum Gasteiger partial charge on any atom is 0.308 e. The van der Waals surface area contributed by atoms with E-state index in [2.05, 4.69) is 12.2 Å². The van der Waals surface area contributed by atoms with Crippen molar-refractivity contribution in [1.82, 2.24) is 0 Å². The minimum Gasteiger partial charge on any atom is -0.482 e. The van der Waals surface area contributed by atoms with Crippen LogP contribution in [0.4, 0.5) is 11.4 Å². The molecule has 1 aliphatic rings. The largest absolute Gasteiger partial charge is 0.482 e. The number of fused-ring (bicyclic) bond motifs is 1. The summed E-state index contributed by atoms with van der Waals surface area (Å²) in [5.74, 6) is -0.582. The van der Waals surface area contributed by atoms with E-state index in [9.17, 15) is 14.4 Å². The fourth-order valence-corrected chi connectivity index (χ4v) is 2.98. The Hall–Kier alpha value is -3.35. The normalized spacial score (nSPS) is 13.9. The summed E-state index contributed by atoms with van der Waals surface area (Å²) in [6.45, 7) is 3.66. The molecule has 2 aromatic carbocycles. The van der Waals surface area contributed by atoms with Crippen molar-refractivity contribution >= 4 is 29.2 Å². The standard InChI is InChI=1S/C22H24N2O5/c1-3-16-8-10-17(11-9-16)23-22(27)15(2)29-21(26)12-13-24-18-6-4-5-7-19(18)28-14-20(24)25/h4-11,15H,3,12-14H2,1-2H3,(H,23,27)/t15-/m0/s1. The lowest BCUT2D eigenvalue weighted by atomic mass is 10.1. The maximum atomic E-state index is 12.3. The van der Waals surface area contributed by atoms with Crippen molar-refractivity contribution in [2.24, 2.45) is 0 Å². The van der Waals surface area contributed by atoms with Crippen LogP contribution >= 0.6 is 0 Å². The number of aryl methyl sites for hydroxylation is 1. The molecule has 0 radical (unpaired) electrons. The van der Waals surface area contributed by atoms with Crippen LogP contribution in [0.5, 0.6) is 5.75 Å². The maximum absolute atomic E-state index is 12.3.